The molecule has 0 radical (unpaired) electrons. The predicted molar refractivity (Wildman–Crippen MR) is 64.3 cm³/mol. The lowest BCUT2D eigenvalue weighted by Gasteiger charge is -2.11. The van der Waals surface area contributed by atoms with Gasteiger partial charge in [0.05, 0.1) is 0 Å². The number of carbonyl (C=O) groups is 1. The van der Waals surface area contributed by atoms with Crippen molar-refractivity contribution in [3.63, 3.8) is 0 Å². The van der Waals surface area contributed by atoms with Crippen LogP contribution >= 0.6 is 0 Å². The molecule has 2 rings (SSSR count). The first-order valence-corrected chi connectivity index (χ1v) is 5.87. The summed E-state index contributed by atoms with van der Waals surface area (Å²) in [6, 6.07) is 5.77. The molecule has 1 atom stereocenters. The third-order valence-electron chi connectivity index (χ3n) is 3.13. The molecule has 4 heteroatoms. The minimum Gasteiger partial charge on any atom is -0.352 e. The molecule has 1 amide bonds. The van der Waals surface area contributed by atoms with Crippen molar-refractivity contribution in [3.8, 4) is 0 Å². The van der Waals surface area contributed by atoms with Gasteiger partial charge in [-0.25, -0.2) is 4.39 Å². The average Bonchev–Trinajstić information content (AvgIpc) is 2.72. The Morgan fingerprint density at radius 2 is 2.41 bits per heavy atom. The first-order chi connectivity index (χ1) is 8.15. The van der Waals surface area contributed by atoms with Gasteiger partial charge >= 0.3 is 0 Å². The Bertz CT molecular complexity index is 408. The summed E-state index contributed by atoms with van der Waals surface area (Å²) in [6.45, 7) is 2.77. The Labute approximate surface area is 101 Å². The van der Waals surface area contributed by atoms with Crippen LogP contribution in [0.5, 0.6) is 0 Å². The summed E-state index contributed by atoms with van der Waals surface area (Å²) in [5, 5.41) is 2.86. The molecule has 1 saturated heterocycles. The van der Waals surface area contributed by atoms with E-state index in [4.69, 9.17) is 0 Å². The number of halogens is 1. The number of benzene rings is 1. The normalized spacial score (nSPS) is 20.5. The van der Waals surface area contributed by atoms with E-state index in [1.165, 1.54) is 12.1 Å². The van der Waals surface area contributed by atoms with Gasteiger partial charge in [-0.3, -0.25) is 4.79 Å². The van der Waals surface area contributed by atoms with Crippen LogP contribution in [0.1, 0.15) is 16.8 Å². The van der Waals surface area contributed by atoms with Gasteiger partial charge in [-0.15, -0.1) is 0 Å². The van der Waals surface area contributed by atoms with Gasteiger partial charge < -0.3 is 10.2 Å². The second-order valence-corrected chi connectivity index (χ2v) is 4.64. The van der Waals surface area contributed by atoms with E-state index in [-0.39, 0.29) is 11.7 Å². The fourth-order valence-electron chi connectivity index (χ4n) is 2.16. The Morgan fingerprint density at radius 1 is 1.59 bits per heavy atom. The van der Waals surface area contributed by atoms with Crippen molar-refractivity contribution in [1.29, 1.82) is 0 Å². The molecule has 1 heterocycles. The van der Waals surface area contributed by atoms with Gasteiger partial charge in [-0.05, 0) is 44.1 Å². The van der Waals surface area contributed by atoms with Crippen molar-refractivity contribution < 1.29 is 9.18 Å². The molecule has 0 saturated carbocycles. The summed E-state index contributed by atoms with van der Waals surface area (Å²) < 4.78 is 12.9. The van der Waals surface area contributed by atoms with Crippen molar-refractivity contribution in [2.75, 3.05) is 26.7 Å². The van der Waals surface area contributed by atoms with Crippen molar-refractivity contribution in [2.45, 2.75) is 6.42 Å². The maximum atomic E-state index is 12.9. The molecule has 0 spiro atoms. The summed E-state index contributed by atoms with van der Waals surface area (Å²) >= 11 is 0. The SMILES string of the molecule is CN1CCC(CNC(=O)c2cccc(F)c2)C1. The van der Waals surface area contributed by atoms with Crippen molar-refractivity contribution in [1.82, 2.24) is 10.2 Å². The average molecular weight is 236 g/mol. The van der Waals surface area contributed by atoms with Crippen molar-refractivity contribution in [3.05, 3.63) is 35.6 Å². The number of nitrogens with zero attached hydrogens (tertiary/aromatic N) is 1. The standard InChI is InChI=1S/C13H17FN2O/c1-16-6-5-10(9-16)8-15-13(17)11-3-2-4-12(14)7-11/h2-4,7,10H,5-6,8-9H2,1H3,(H,15,17). The highest BCUT2D eigenvalue weighted by atomic mass is 19.1. The van der Waals surface area contributed by atoms with E-state index in [0.29, 0.717) is 18.0 Å². The van der Waals surface area contributed by atoms with E-state index in [1.807, 2.05) is 0 Å². The third kappa shape index (κ3) is 3.27. The molecular weight excluding hydrogens is 219 g/mol. The van der Waals surface area contributed by atoms with Crippen molar-refractivity contribution in [2.24, 2.45) is 5.92 Å². The lowest BCUT2D eigenvalue weighted by atomic mass is 10.1. The van der Waals surface area contributed by atoms with Crippen LogP contribution in [0.15, 0.2) is 24.3 Å². The van der Waals surface area contributed by atoms with Gasteiger partial charge in [0.25, 0.3) is 5.91 Å². The van der Waals surface area contributed by atoms with Crippen LogP contribution in [0.2, 0.25) is 0 Å². The second kappa shape index (κ2) is 5.27. The first-order valence-electron chi connectivity index (χ1n) is 5.87. The van der Waals surface area contributed by atoms with Crippen LogP contribution in [0.3, 0.4) is 0 Å². The molecule has 1 fully saturated rings. The molecule has 1 aliphatic heterocycles. The monoisotopic (exact) mass is 236 g/mol. The largest absolute Gasteiger partial charge is 0.352 e. The molecule has 1 unspecified atom stereocenters. The Kier molecular flexibility index (Phi) is 3.74. The zero-order valence-electron chi connectivity index (χ0n) is 9.95. The highest BCUT2D eigenvalue weighted by Gasteiger charge is 2.19. The lowest BCUT2D eigenvalue weighted by Crippen LogP contribution is -2.30. The lowest BCUT2D eigenvalue weighted by molar-refractivity contribution is 0.0947. The molecule has 92 valence electrons. The summed E-state index contributed by atoms with van der Waals surface area (Å²) in [5.41, 5.74) is 0.386. The fraction of sp³-hybridized carbons (Fsp3) is 0.462. The first kappa shape index (κ1) is 12.0. The van der Waals surface area contributed by atoms with E-state index in [2.05, 4.69) is 17.3 Å². The van der Waals surface area contributed by atoms with E-state index in [0.717, 1.165) is 19.5 Å². The van der Waals surface area contributed by atoms with Crippen LogP contribution in [-0.4, -0.2) is 37.5 Å². The molecule has 0 aliphatic carbocycles. The smallest absolute Gasteiger partial charge is 0.251 e. The zero-order chi connectivity index (χ0) is 12.3. The maximum absolute atomic E-state index is 12.9. The van der Waals surface area contributed by atoms with Gasteiger partial charge in [0.2, 0.25) is 0 Å². The summed E-state index contributed by atoms with van der Waals surface area (Å²) in [4.78, 5) is 14.0. The molecule has 0 bridgehead atoms. The van der Waals surface area contributed by atoms with Crippen molar-refractivity contribution >= 4 is 5.91 Å². The molecule has 0 aromatic heterocycles. The number of nitrogens with one attached hydrogen (secondary N) is 1. The molecular formula is C13H17FN2O. The molecule has 1 aromatic rings. The van der Waals surface area contributed by atoms with Crippen LogP contribution in [0.25, 0.3) is 0 Å². The number of carbonyl (C=O) groups excluding carboxylic acids is 1. The van der Waals surface area contributed by atoms with Gasteiger partial charge in [-0.1, -0.05) is 6.07 Å². The molecule has 17 heavy (non-hydrogen) atoms. The molecule has 1 aromatic carbocycles. The van der Waals surface area contributed by atoms with Crippen LogP contribution in [0.4, 0.5) is 4.39 Å². The Balaban J connectivity index is 1.85. The maximum Gasteiger partial charge on any atom is 0.251 e. The van der Waals surface area contributed by atoms with Gasteiger partial charge in [0.1, 0.15) is 5.82 Å². The number of hydrogen-bond acceptors (Lipinski definition) is 2. The minimum absolute atomic E-state index is 0.195. The topological polar surface area (TPSA) is 32.3 Å². The van der Waals surface area contributed by atoms with Crippen LogP contribution in [-0.2, 0) is 0 Å². The number of likely N-dealkylation sites (tertiary alicyclic amines) is 1. The molecule has 3 nitrogen and oxygen atoms in total. The van der Waals surface area contributed by atoms with E-state index in [9.17, 15) is 9.18 Å². The van der Waals surface area contributed by atoms with Gasteiger partial charge in [0.15, 0.2) is 0 Å². The Hall–Kier alpha value is -1.42. The third-order valence-corrected chi connectivity index (χ3v) is 3.13. The highest BCUT2D eigenvalue weighted by molar-refractivity contribution is 5.94. The summed E-state index contributed by atoms with van der Waals surface area (Å²) in [6.07, 6.45) is 1.11. The molecule has 1 N–H and O–H groups in total. The number of hydrogen-bond donors (Lipinski definition) is 1. The fourth-order valence-corrected chi connectivity index (χ4v) is 2.16. The zero-order valence-corrected chi connectivity index (χ0v) is 9.95. The summed E-state index contributed by atoms with van der Waals surface area (Å²) in [5.74, 6) is -0.0604. The predicted octanol–water partition coefficient (Wildman–Crippen LogP) is 1.51. The minimum atomic E-state index is -0.377. The summed E-state index contributed by atoms with van der Waals surface area (Å²) in [7, 11) is 2.08. The quantitative estimate of drug-likeness (QED) is 0.862. The second-order valence-electron chi connectivity index (χ2n) is 4.64. The highest BCUT2D eigenvalue weighted by Crippen LogP contribution is 2.13. The van der Waals surface area contributed by atoms with E-state index >= 15 is 0 Å². The van der Waals surface area contributed by atoms with Crippen LogP contribution in [0, 0.1) is 11.7 Å². The van der Waals surface area contributed by atoms with E-state index in [1.54, 1.807) is 12.1 Å². The Morgan fingerprint density at radius 3 is 3.06 bits per heavy atom. The van der Waals surface area contributed by atoms with Gasteiger partial charge in [0, 0.05) is 18.7 Å². The number of rotatable bonds is 3. The van der Waals surface area contributed by atoms with Gasteiger partial charge in [-0.2, -0.15) is 0 Å². The number of amides is 1. The van der Waals surface area contributed by atoms with Crippen LogP contribution < -0.4 is 5.32 Å². The van der Waals surface area contributed by atoms with E-state index < -0.39 is 0 Å². The molecule has 1 aliphatic rings.